The molecule has 3 aromatic rings. The average Bonchev–Trinajstić information content (AvgIpc) is 2.62. The van der Waals surface area contributed by atoms with Gasteiger partial charge in [0.2, 0.25) is 0 Å². The second kappa shape index (κ2) is 7.16. The Balaban J connectivity index is 2.31. The molecule has 0 bridgehead atoms. The van der Waals surface area contributed by atoms with Crippen LogP contribution in [-0.2, 0) is 16.6 Å². The van der Waals surface area contributed by atoms with E-state index in [0.29, 0.717) is 17.0 Å². The van der Waals surface area contributed by atoms with Crippen molar-refractivity contribution in [3.8, 4) is 28.5 Å². The highest BCUT2D eigenvalue weighted by molar-refractivity contribution is 7.83. The molecule has 1 atom stereocenters. The summed E-state index contributed by atoms with van der Waals surface area (Å²) < 4.78 is 11.6. The normalized spacial score (nSPS) is 11.7. The fourth-order valence-electron chi connectivity index (χ4n) is 2.57. The lowest BCUT2D eigenvalue weighted by atomic mass is 9.95. The van der Waals surface area contributed by atoms with Crippen LogP contribution in [0.25, 0.3) is 22.4 Å². The summed E-state index contributed by atoms with van der Waals surface area (Å²) >= 11 is 0. The quantitative estimate of drug-likeness (QED) is 0.732. The zero-order valence-corrected chi connectivity index (χ0v) is 14.0. The van der Waals surface area contributed by atoms with Crippen LogP contribution >= 0.6 is 0 Å². The topological polar surface area (TPSA) is 66.6 Å². The number of nitrogens with zero attached hydrogens (tertiary/aromatic N) is 3. The SMILES string of the molecule is CS(=O)Cc1nnc(-c2ccccc2)c(-c2ccccc2)c1C#N. The van der Waals surface area contributed by atoms with Crippen LogP contribution < -0.4 is 0 Å². The molecule has 0 aliphatic rings. The molecule has 0 aliphatic carbocycles. The largest absolute Gasteiger partial charge is 0.259 e. The fraction of sp³-hybridized carbons (Fsp3) is 0.105. The van der Waals surface area contributed by atoms with E-state index < -0.39 is 10.8 Å². The minimum Gasteiger partial charge on any atom is -0.259 e. The van der Waals surface area contributed by atoms with E-state index in [2.05, 4.69) is 16.3 Å². The van der Waals surface area contributed by atoms with Gasteiger partial charge < -0.3 is 0 Å². The van der Waals surface area contributed by atoms with Crippen molar-refractivity contribution >= 4 is 10.8 Å². The van der Waals surface area contributed by atoms with Crippen molar-refractivity contribution in [2.45, 2.75) is 5.75 Å². The van der Waals surface area contributed by atoms with Gasteiger partial charge in [0.25, 0.3) is 0 Å². The minimum absolute atomic E-state index is 0.213. The summed E-state index contributed by atoms with van der Waals surface area (Å²) in [4.78, 5) is 0. The molecule has 118 valence electrons. The molecule has 0 spiro atoms. The third kappa shape index (κ3) is 3.24. The maximum atomic E-state index is 11.6. The van der Waals surface area contributed by atoms with Gasteiger partial charge >= 0.3 is 0 Å². The molecule has 0 N–H and O–H groups in total. The summed E-state index contributed by atoms with van der Waals surface area (Å²) in [5, 5.41) is 18.3. The summed E-state index contributed by atoms with van der Waals surface area (Å²) in [5.74, 6) is 0.213. The summed E-state index contributed by atoms with van der Waals surface area (Å²) in [6.07, 6.45) is 1.59. The van der Waals surface area contributed by atoms with Crippen molar-refractivity contribution in [2.24, 2.45) is 0 Å². The maximum absolute atomic E-state index is 11.6. The van der Waals surface area contributed by atoms with Crippen LogP contribution in [0.15, 0.2) is 60.7 Å². The standard InChI is InChI=1S/C19H15N3OS/c1-24(23)13-17-16(12-20)18(14-8-4-2-5-9-14)19(22-21-17)15-10-6-3-7-11-15/h2-11H,13H2,1H3. The lowest BCUT2D eigenvalue weighted by Crippen LogP contribution is -2.06. The Morgan fingerprint density at radius 3 is 2.08 bits per heavy atom. The van der Waals surface area contributed by atoms with Gasteiger partial charge in [0, 0.05) is 28.2 Å². The van der Waals surface area contributed by atoms with Crippen molar-refractivity contribution in [3.63, 3.8) is 0 Å². The third-order valence-corrected chi connectivity index (χ3v) is 4.29. The van der Waals surface area contributed by atoms with Gasteiger partial charge in [-0.05, 0) is 5.56 Å². The van der Waals surface area contributed by atoms with Crippen molar-refractivity contribution in [1.29, 1.82) is 5.26 Å². The van der Waals surface area contributed by atoms with E-state index >= 15 is 0 Å². The Bertz CT molecular complexity index is 919. The van der Waals surface area contributed by atoms with Crippen molar-refractivity contribution in [2.75, 3.05) is 6.26 Å². The van der Waals surface area contributed by atoms with Crippen molar-refractivity contribution in [1.82, 2.24) is 10.2 Å². The lowest BCUT2D eigenvalue weighted by Gasteiger charge is -2.13. The molecule has 4 nitrogen and oxygen atoms in total. The van der Waals surface area contributed by atoms with Crippen LogP contribution in [0.4, 0.5) is 0 Å². The zero-order chi connectivity index (χ0) is 16.9. The Hall–Kier alpha value is -2.84. The highest BCUT2D eigenvalue weighted by Gasteiger charge is 2.19. The molecule has 24 heavy (non-hydrogen) atoms. The Morgan fingerprint density at radius 1 is 0.958 bits per heavy atom. The predicted octanol–water partition coefficient (Wildman–Crippen LogP) is 3.56. The van der Waals surface area contributed by atoms with Gasteiger partial charge in [-0.3, -0.25) is 4.21 Å². The summed E-state index contributed by atoms with van der Waals surface area (Å²) in [7, 11) is -1.10. The first-order valence-corrected chi connectivity index (χ1v) is 9.14. The van der Waals surface area contributed by atoms with Crippen LogP contribution in [-0.4, -0.2) is 20.7 Å². The molecule has 5 heteroatoms. The number of benzene rings is 2. The molecular weight excluding hydrogens is 318 g/mol. The number of hydrogen-bond donors (Lipinski definition) is 0. The second-order valence-corrected chi connectivity index (χ2v) is 6.74. The third-order valence-electron chi connectivity index (χ3n) is 3.61. The molecule has 1 aromatic heterocycles. The van der Waals surface area contributed by atoms with Crippen LogP contribution in [0.1, 0.15) is 11.3 Å². The van der Waals surface area contributed by atoms with Gasteiger partial charge in [0.05, 0.1) is 17.0 Å². The number of rotatable bonds is 4. The predicted molar refractivity (Wildman–Crippen MR) is 95.4 cm³/mol. The monoisotopic (exact) mass is 333 g/mol. The van der Waals surface area contributed by atoms with E-state index in [9.17, 15) is 9.47 Å². The summed E-state index contributed by atoms with van der Waals surface area (Å²) in [6, 6.07) is 21.5. The first-order chi connectivity index (χ1) is 11.7. The van der Waals surface area contributed by atoms with Gasteiger partial charge in [-0.2, -0.15) is 10.4 Å². The van der Waals surface area contributed by atoms with Gasteiger partial charge in [-0.1, -0.05) is 60.7 Å². The van der Waals surface area contributed by atoms with Crippen LogP contribution in [0.3, 0.4) is 0 Å². The van der Waals surface area contributed by atoms with Gasteiger partial charge in [-0.15, -0.1) is 5.10 Å². The molecule has 1 heterocycles. The van der Waals surface area contributed by atoms with Crippen LogP contribution in [0, 0.1) is 11.3 Å². The summed E-state index contributed by atoms with van der Waals surface area (Å²) in [6.45, 7) is 0. The Labute approximate surface area is 143 Å². The molecule has 3 rings (SSSR count). The first-order valence-electron chi connectivity index (χ1n) is 7.41. The number of aromatic nitrogens is 2. The molecule has 2 aromatic carbocycles. The number of nitriles is 1. The van der Waals surface area contributed by atoms with Gasteiger partial charge in [-0.25, -0.2) is 0 Å². The minimum atomic E-state index is -1.10. The molecule has 0 saturated carbocycles. The first kappa shape index (κ1) is 16.0. The smallest absolute Gasteiger partial charge is 0.102 e. The van der Waals surface area contributed by atoms with E-state index in [0.717, 1.165) is 16.7 Å². The molecule has 0 amide bonds. The average molecular weight is 333 g/mol. The second-order valence-electron chi connectivity index (χ2n) is 5.31. The molecular formula is C19H15N3OS. The molecule has 1 unspecified atom stereocenters. The zero-order valence-electron chi connectivity index (χ0n) is 13.1. The van der Waals surface area contributed by atoms with E-state index in [4.69, 9.17) is 0 Å². The Kier molecular flexibility index (Phi) is 4.78. The summed E-state index contributed by atoms with van der Waals surface area (Å²) in [5.41, 5.74) is 4.08. The molecule has 0 aliphatic heterocycles. The van der Waals surface area contributed by atoms with Crippen molar-refractivity contribution < 1.29 is 4.21 Å². The molecule has 0 fully saturated rings. The van der Waals surface area contributed by atoms with E-state index in [1.807, 2.05) is 60.7 Å². The van der Waals surface area contributed by atoms with Gasteiger partial charge in [0.1, 0.15) is 11.8 Å². The van der Waals surface area contributed by atoms with Crippen LogP contribution in [0.5, 0.6) is 0 Å². The fourth-order valence-corrected chi connectivity index (χ4v) is 3.16. The van der Waals surface area contributed by atoms with E-state index in [1.165, 1.54) is 0 Å². The van der Waals surface area contributed by atoms with E-state index in [-0.39, 0.29) is 5.75 Å². The van der Waals surface area contributed by atoms with Gasteiger partial charge in [0.15, 0.2) is 0 Å². The van der Waals surface area contributed by atoms with E-state index in [1.54, 1.807) is 6.26 Å². The highest BCUT2D eigenvalue weighted by atomic mass is 32.2. The van der Waals surface area contributed by atoms with Crippen LogP contribution in [0.2, 0.25) is 0 Å². The highest BCUT2D eigenvalue weighted by Crippen LogP contribution is 2.34. The lowest BCUT2D eigenvalue weighted by molar-refractivity contribution is 0.685. The molecule has 0 radical (unpaired) electrons. The molecule has 0 saturated heterocycles. The Morgan fingerprint density at radius 2 is 1.54 bits per heavy atom. The number of hydrogen-bond acceptors (Lipinski definition) is 4. The maximum Gasteiger partial charge on any atom is 0.102 e. The van der Waals surface area contributed by atoms with Crippen molar-refractivity contribution in [3.05, 3.63) is 71.9 Å².